The summed E-state index contributed by atoms with van der Waals surface area (Å²) in [6, 6.07) is 12.0. The van der Waals surface area contributed by atoms with Gasteiger partial charge in [0.05, 0.1) is 12.1 Å². The maximum absolute atomic E-state index is 12.2. The van der Waals surface area contributed by atoms with E-state index in [1.165, 1.54) is 16.2 Å². The van der Waals surface area contributed by atoms with Crippen LogP contribution in [-0.2, 0) is 11.2 Å². The van der Waals surface area contributed by atoms with E-state index in [0.717, 1.165) is 16.8 Å². The van der Waals surface area contributed by atoms with Crippen LogP contribution in [0.2, 0.25) is 0 Å². The van der Waals surface area contributed by atoms with Gasteiger partial charge in [0.25, 0.3) is 0 Å². The maximum Gasteiger partial charge on any atom is 0.230 e. The van der Waals surface area contributed by atoms with Gasteiger partial charge >= 0.3 is 0 Å². The topological polar surface area (TPSA) is 54.9 Å². The zero-order valence-electron chi connectivity index (χ0n) is 14.1. The highest BCUT2D eigenvalue weighted by atomic mass is 32.2. The van der Waals surface area contributed by atoms with E-state index >= 15 is 0 Å². The summed E-state index contributed by atoms with van der Waals surface area (Å²) in [7, 11) is 0. The molecule has 0 spiro atoms. The van der Waals surface area contributed by atoms with Crippen LogP contribution in [0.25, 0.3) is 11.3 Å². The van der Waals surface area contributed by atoms with E-state index in [9.17, 15) is 4.79 Å². The number of amides is 1. The van der Waals surface area contributed by atoms with E-state index in [1.807, 2.05) is 41.4 Å². The predicted molar refractivity (Wildman–Crippen MR) is 105 cm³/mol. The first kappa shape index (κ1) is 17.6. The number of nitrogens with zero attached hydrogens (tertiary/aromatic N) is 2. The largest absolute Gasteiger partial charge is 0.302 e. The van der Waals surface area contributed by atoms with Gasteiger partial charge in [-0.15, -0.1) is 23.1 Å². The van der Waals surface area contributed by atoms with Gasteiger partial charge < -0.3 is 5.32 Å². The smallest absolute Gasteiger partial charge is 0.230 e. The first-order valence-corrected chi connectivity index (χ1v) is 9.77. The molecule has 25 heavy (non-hydrogen) atoms. The van der Waals surface area contributed by atoms with Crippen molar-refractivity contribution in [2.45, 2.75) is 30.4 Å². The van der Waals surface area contributed by atoms with E-state index in [2.05, 4.69) is 41.3 Å². The lowest BCUT2D eigenvalue weighted by Crippen LogP contribution is -2.14. The number of pyridine rings is 1. The van der Waals surface area contributed by atoms with E-state index in [0.29, 0.717) is 16.8 Å². The van der Waals surface area contributed by atoms with Crippen LogP contribution in [0.4, 0.5) is 5.13 Å². The maximum atomic E-state index is 12.2. The van der Waals surface area contributed by atoms with Crippen molar-refractivity contribution in [2.24, 2.45) is 0 Å². The quantitative estimate of drug-likeness (QED) is 0.629. The minimum Gasteiger partial charge on any atom is -0.302 e. The number of benzene rings is 1. The first-order chi connectivity index (χ1) is 12.1. The fraction of sp³-hybridized carbons (Fsp3) is 0.211. The van der Waals surface area contributed by atoms with Gasteiger partial charge in [-0.2, -0.15) is 0 Å². The third-order valence-electron chi connectivity index (χ3n) is 3.37. The number of nitrogens with one attached hydrogen (secondary N) is 1. The van der Waals surface area contributed by atoms with Crippen LogP contribution in [0.5, 0.6) is 0 Å². The SMILES string of the molecule is CC(C)Sc1ccc(CC(=O)Nc2nc(-c3cccnc3)cs2)cc1. The third-order valence-corrected chi connectivity index (χ3v) is 5.14. The van der Waals surface area contributed by atoms with Crippen molar-refractivity contribution in [1.29, 1.82) is 0 Å². The van der Waals surface area contributed by atoms with Crippen molar-refractivity contribution in [2.75, 3.05) is 5.32 Å². The van der Waals surface area contributed by atoms with Gasteiger partial charge in [-0.25, -0.2) is 4.98 Å². The number of carbonyl (C=O) groups excluding carboxylic acids is 1. The molecule has 1 aromatic carbocycles. The lowest BCUT2D eigenvalue weighted by Gasteiger charge is -2.06. The molecule has 1 amide bonds. The molecule has 0 aliphatic rings. The van der Waals surface area contributed by atoms with Crippen molar-refractivity contribution in [3.05, 3.63) is 59.7 Å². The number of carbonyl (C=O) groups is 1. The van der Waals surface area contributed by atoms with Crippen LogP contribution in [0.15, 0.2) is 59.1 Å². The second kappa shape index (κ2) is 8.27. The van der Waals surface area contributed by atoms with Crippen molar-refractivity contribution in [3.8, 4) is 11.3 Å². The zero-order chi connectivity index (χ0) is 17.6. The van der Waals surface area contributed by atoms with Crippen molar-refractivity contribution < 1.29 is 4.79 Å². The summed E-state index contributed by atoms with van der Waals surface area (Å²) < 4.78 is 0. The summed E-state index contributed by atoms with van der Waals surface area (Å²) in [5, 5.41) is 5.95. The minimum absolute atomic E-state index is 0.0589. The summed E-state index contributed by atoms with van der Waals surface area (Å²) >= 11 is 3.23. The number of hydrogen-bond acceptors (Lipinski definition) is 5. The molecule has 2 heterocycles. The fourth-order valence-corrected chi connectivity index (χ4v) is 3.86. The summed E-state index contributed by atoms with van der Waals surface area (Å²) in [6.07, 6.45) is 3.83. The van der Waals surface area contributed by atoms with Crippen LogP contribution in [0, 0.1) is 0 Å². The molecule has 4 nitrogen and oxygen atoms in total. The van der Waals surface area contributed by atoms with Gasteiger partial charge in [-0.3, -0.25) is 9.78 Å². The van der Waals surface area contributed by atoms with E-state index in [4.69, 9.17) is 0 Å². The molecule has 0 fully saturated rings. The number of anilines is 1. The predicted octanol–water partition coefficient (Wildman–Crippen LogP) is 4.89. The Bertz CT molecular complexity index is 829. The first-order valence-electron chi connectivity index (χ1n) is 8.01. The van der Waals surface area contributed by atoms with E-state index < -0.39 is 0 Å². The molecule has 0 atom stereocenters. The molecule has 0 saturated carbocycles. The minimum atomic E-state index is -0.0589. The molecule has 0 aliphatic heterocycles. The second-order valence-electron chi connectivity index (χ2n) is 5.82. The Morgan fingerprint density at radius 2 is 2.04 bits per heavy atom. The van der Waals surface area contributed by atoms with Gasteiger partial charge in [-0.05, 0) is 29.8 Å². The molecule has 0 unspecified atom stereocenters. The van der Waals surface area contributed by atoms with Crippen molar-refractivity contribution in [3.63, 3.8) is 0 Å². The number of thiazole rings is 1. The van der Waals surface area contributed by atoms with E-state index in [-0.39, 0.29) is 5.91 Å². The standard InChI is InChI=1S/C19H19N3OS2/c1-13(2)25-16-7-5-14(6-8-16)10-18(23)22-19-21-17(12-24-19)15-4-3-9-20-11-15/h3-9,11-13H,10H2,1-2H3,(H,21,22,23). The Morgan fingerprint density at radius 3 is 2.72 bits per heavy atom. The Labute approximate surface area is 155 Å². The average Bonchev–Trinajstić information content (AvgIpc) is 3.05. The molecule has 3 aromatic rings. The highest BCUT2D eigenvalue weighted by molar-refractivity contribution is 7.99. The Balaban J connectivity index is 1.58. The average molecular weight is 370 g/mol. The summed E-state index contributed by atoms with van der Waals surface area (Å²) in [6.45, 7) is 4.33. The highest BCUT2D eigenvalue weighted by Crippen LogP contribution is 2.25. The molecule has 6 heteroatoms. The number of aromatic nitrogens is 2. The van der Waals surface area contributed by atoms with Gasteiger partial charge in [0, 0.05) is 33.5 Å². The van der Waals surface area contributed by atoms with Crippen LogP contribution >= 0.6 is 23.1 Å². The monoisotopic (exact) mass is 369 g/mol. The van der Waals surface area contributed by atoms with Crippen LogP contribution < -0.4 is 5.32 Å². The summed E-state index contributed by atoms with van der Waals surface area (Å²) in [5.74, 6) is -0.0589. The highest BCUT2D eigenvalue weighted by Gasteiger charge is 2.09. The number of thioether (sulfide) groups is 1. The lowest BCUT2D eigenvalue weighted by atomic mass is 10.1. The molecular formula is C19H19N3OS2. The van der Waals surface area contributed by atoms with Gasteiger partial charge in [0.1, 0.15) is 0 Å². The number of rotatable bonds is 6. The Hall–Kier alpha value is -2.18. The van der Waals surface area contributed by atoms with Crippen LogP contribution in [0.1, 0.15) is 19.4 Å². The zero-order valence-corrected chi connectivity index (χ0v) is 15.7. The van der Waals surface area contributed by atoms with Crippen molar-refractivity contribution >= 4 is 34.1 Å². The van der Waals surface area contributed by atoms with Gasteiger partial charge in [0.15, 0.2) is 5.13 Å². The summed E-state index contributed by atoms with van der Waals surface area (Å²) in [4.78, 5) is 22.0. The molecule has 0 bridgehead atoms. The molecule has 2 aromatic heterocycles. The molecule has 0 aliphatic carbocycles. The Kier molecular flexibility index (Phi) is 5.83. The molecule has 3 rings (SSSR count). The van der Waals surface area contributed by atoms with Gasteiger partial charge in [0.2, 0.25) is 5.91 Å². The second-order valence-corrected chi connectivity index (χ2v) is 8.32. The Morgan fingerprint density at radius 1 is 1.24 bits per heavy atom. The van der Waals surface area contributed by atoms with Crippen molar-refractivity contribution in [1.82, 2.24) is 9.97 Å². The summed E-state index contributed by atoms with van der Waals surface area (Å²) in [5.41, 5.74) is 2.76. The van der Waals surface area contributed by atoms with Crippen LogP contribution in [0.3, 0.4) is 0 Å². The normalized spacial score (nSPS) is 10.8. The van der Waals surface area contributed by atoms with Gasteiger partial charge in [-0.1, -0.05) is 26.0 Å². The lowest BCUT2D eigenvalue weighted by molar-refractivity contribution is -0.115. The van der Waals surface area contributed by atoms with Crippen LogP contribution in [-0.4, -0.2) is 21.1 Å². The molecule has 1 N–H and O–H groups in total. The molecule has 128 valence electrons. The molecule has 0 saturated heterocycles. The third kappa shape index (κ3) is 5.14. The fourth-order valence-electron chi connectivity index (χ4n) is 2.28. The molecule has 0 radical (unpaired) electrons. The van der Waals surface area contributed by atoms with E-state index in [1.54, 1.807) is 12.4 Å². The number of hydrogen-bond donors (Lipinski definition) is 1. The molecular weight excluding hydrogens is 350 g/mol.